The van der Waals surface area contributed by atoms with E-state index in [2.05, 4.69) is 4.98 Å². The lowest BCUT2D eigenvalue weighted by Gasteiger charge is -2.10. The molecule has 0 saturated heterocycles. The normalized spacial score (nSPS) is 10.5. The highest BCUT2D eigenvalue weighted by molar-refractivity contribution is 5.88. The van der Waals surface area contributed by atoms with Crippen molar-refractivity contribution in [2.24, 2.45) is 0 Å². The lowest BCUT2D eigenvalue weighted by molar-refractivity contribution is 0.0697. The van der Waals surface area contributed by atoms with Gasteiger partial charge in [0, 0.05) is 18.1 Å². The molecule has 3 rings (SSSR count). The first kappa shape index (κ1) is 14.7. The van der Waals surface area contributed by atoms with Gasteiger partial charge in [0.1, 0.15) is 0 Å². The van der Waals surface area contributed by atoms with Crippen LogP contribution in [0.4, 0.5) is 0 Å². The molecule has 0 aliphatic heterocycles. The monoisotopic (exact) mass is 306 g/mol. The minimum atomic E-state index is -0.944. The summed E-state index contributed by atoms with van der Waals surface area (Å²) in [4.78, 5) is 26.5. The Hall–Kier alpha value is -3.21. The van der Waals surface area contributed by atoms with Crippen molar-refractivity contribution < 1.29 is 9.90 Å². The third-order valence-electron chi connectivity index (χ3n) is 3.66. The van der Waals surface area contributed by atoms with Crippen molar-refractivity contribution in [3.8, 4) is 16.8 Å². The summed E-state index contributed by atoms with van der Waals surface area (Å²) in [6, 6.07) is 12.4. The zero-order chi connectivity index (χ0) is 16.4. The number of carboxylic acid groups (broad SMARTS) is 1. The molecule has 5 nitrogen and oxygen atoms in total. The van der Waals surface area contributed by atoms with Crippen LogP contribution in [0.3, 0.4) is 0 Å². The van der Waals surface area contributed by atoms with E-state index in [-0.39, 0.29) is 11.1 Å². The van der Waals surface area contributed by atoms with Gasteiger partial charge in [0.2, 0.25) is 0 Å². The Morgan fingerprint density at radius 3 is 2.48 bits per heavy atom. The number of rotatable bonds is 3. The molecule has 1 aromatic heterocycles. The SMILES string of the molecule is Cc1cc(-n2ccncc2=O)ccc1-c1ccc(C(=O)O)cc1. The van der Waals surface area contributed by atoms with E-state index in [1.807, 2.05) is 25.1 Å². The summed E-state index contributed by atoms with van der Waals surface area (Å²) < 4.78 is 1.53. The van der Waals surface area contributed by atoms with Crippen LogP contribution in [0.15, 0.2) is 65.8 Å². The van der Waals surface area contributed by atoms with E-state index in [9.17, 15) is 9.59 Å². The van der Waals surface area contributed by atoms with E-state index in [0.29, 0.717) is 0 Å². The fourth-order valence-corrected chi connectivity index (χ4v) is 2.47. The van der Waals surface area contributed by atoms with Gasteiger partial charge in [-0.3, -0.25) is 14.3 Å². The second kappa shape index (κ2) is 5.88. The van der Waals surface area contributed by atoms with Gasteiger partial charge in [0.15, 0.2) is 0 Å². The van der Waals surface area contributed by atoms with Crippen LogP contribution in [0.1, 0.15) is 15.9 Å². The molecular weight excluding hydrogens is 292 g/mol. The second-order valence-corrected chi connectivity index (χ2v) is 5.17. The first-order chi connectivity index (χ1) is 11.1. The molecule has 2 aromatic carbocycles. The number of benzene rings is 2. The molecule has 3 aromatic rings. The molecule has 0 spiro atoms. The van der Waals surface area contributed by atoms with Gasteiger partial charge >= 0.3 is 5.97 Å². The molecule has 5 heteroatoms. The van der Waals surface area contributed by atoms with Crippen molar-refractivity contribution in [3.05, 3.63) is 82.5 Å². The largest absolute Gasteiger partial charge is 0.478 e. The molecule has 0 unspecified atom stereocenters. The van der Waals surface area contributed by atoms with E-state index < -0.39 is 5.97 Å². The number of nitrogens with zero attached hydrogens (tertiary/aromatic N) is 2. The summed E-state index contributed by atoms with van der Waals surface area (Å²) in [5, 5.41) is 8.95. The molecule has 1 heterocycles. The van der Waals surface area contributed by atoms with Crippen molar-refractivity contribution in [3.63, 3.8) is 0 Å². The first-order valence-electron chi connectivity index (χ1n) is 7.04. The Labute approximate surface area is 132 Å². The van der Waals surface area contributed by atoms with Crippen LogP contribution in [0.25, 0.3) is 16.8 Å². The van der Waals surface area contributed by atoms with E-state index in [4.69, 9.17) is 5.11 Å². The molecule has 114 valence electrons. The van der Waals surface area contributed by atoms with Crippen LogP contribution in [-0.2, 0) is 0 Å². The number of aryl methyl sites for hydroxylation is 1. The van der Waals surface area contributed by atoms with E-state index in [1.54, 1.807) is 36.7 Å². The average Bonchev–Trinajstić information content (AvgIpc) is 2.55. The van der Waals surface area contributed by atoms with E-state index in [0.717, 1.165) is 22.4 Å². The highest BCUT2D eigenvalue weighted by atomic mass is 16.4. The van der Waals surface area contributed by atoms with E-state index >= 15 is 0 Å². The predicted octanol–water partition coefficient (Wildman–Crippen LogP) is 2.91. The van der Waals surface area contributed by atoms with Crippen LogP contribution in [0.5, 0.6) is 0 Å². The maximum Gasteiger partial charge on any atom is 0.335 e. The number of carboxylic acids is 1. The number of aromatic nitrogens is 2. The Morgan fingerprint density at radius 1 is 1.13 bits per heavy atom. The smallest absolute Gasteiger partial charge is 0.335 e. The van der Waals surface area contributed by atoms with Gasteiger partial charge in [-0.05, 0) is 47.9 Å². The quantitative estimate of drug-likeness (QED) is 0.807. The first-order valence-corrected chi connectivity index (χ1v) is 7.04. The fraction of sp³-hybridized carbons (Fsp3) is 0.0556. The topological polar surface area (TPSA) is 72.2 Å². The molecule has 0 radical (unpaired) electrons. The van der Waals surface area contributed by atoms with Gasteiger partial charge in [-0.25, -0.2) is 4.79 Å². The molecule has 0 amide bonds. The molecule has 0 saturated carbocycles. The molecule has 0 aliphatic carbocycles. The summed E-state index contributed by atoms with van der Waals surface area (Å²) in [6.07, 6.45) is 4.46. The van der Waals surface area contributed by atoms with Gasteiger partial charge in [-0.15, -0.1) is 0 Å². The summed E-state index contributed by atoms with van der Waals surface area (Å²) in [6.45, 7) is 1.95. The molecule has 1 N–H and O–H groups in total. The van der Waals surface area contributed by atoms with Crippen LogP contribution >= 0.6 is 0 Å². The summed E-state index contributed by atoms with van der Waals surface area (Å²) in [5.41, 5.74) is 3.75. The Balaban J connectivity index is 2.01. The third-order valence-corrected chi connectivity index (χ3v) is 3.66. The van der Waals surface area contributed by atoms with Crippen molar-refractivity contribution in [2.75, 3.05) is 0 Å². The zero-order valence-corrected chi connectivity index (χ0v) is 12.4. The maximum atomic E-state index is 11.8. The highest BCUT2D eigenvalue weighted by Crippen LogP contribution is 2.25. The highest BCUT2D eigenvalue weighted by Gasteiger charge is 2.07. The van der Waals surface area contributed by atoms with Gasteiger partial charge < -0.3 is 5.11 Å². The Morgan fingerprint density at radius 2 is 1.87 bits per heavy atom. The number of hydrogen-bond donors (Lipinski definition) is 1. The zero-order valence-electron chi connectivity index (χ0n) is 12.4. The van der Waals surface area contributed by atoms with E-state index in [1.165, 1.54) is 10.8 Å². The van der Waals surface area contributed by atoms with Crippen LogP contribution in [-0.4, -0.2) is 20.6 Å². The second-order valence-electron chi connectivity index (χ2n) is 5.17. The Kier molecular flexibility index (Phi) is 3.76. The van der Waals surface area contributed by atoms with Crippen molar-refractivity contribution in [1.82, 2.24) is 9.55 Å². The number of aromatic carboxylic acids is 1. The Bertz CT molecular complexity index is 927. The average molecular weight is 306 g/mol. The lowest BCUT2D eigenvalue weighted by atomic mass is 9.99. The number of hydrogen-bond acceptors (Lipinski definition) is 3. The maximum absolute atomic E-state index is 11.8. The molecule has 0 fully saturated rings. The minimum absolute atomic E-state index is 0.189. The summed E-state index contributed by atoms with van der Waals surface area (Å²) in [5.74, 6) is -0.944. The molecule has 0 aliphatic rings. The van der Waals surface area contributed by atoms with Crippen LogP contribution in [0, 0.1) is 6.92 Å². The fourth-order valence-electron chi connectivity index (χ4n) is 2.47. The summed E-state index contributed by atoms with van der Waals surface area (Å²) in [7, 11) is 0. The molecular formula is C18H14N2O3. The van der Waals surface area contributed by atoms with Crippen molar-refractivity contribution in [2.45, 2.75) is 6.92 Å². The van der Waals surface area contributed by atoms with Gasteiger partial charge in [0.05, 0.1) is 11.8 Å². The summed E-state index contributed by atoms with van der Waals surface area (Å²) >= 11 is 0. The van der Waals surface area contributed by atoms with Crippen molar-refractivity contribution >= 4 is 5.97 Å². The lowest BCUT2D eigenvalue weighted by Crippen LogP contribution is -2.16. The number of carbonyl (C=O) groups is 1. The minimum Gasteiger partial charge on any atom is -0.478 e. The molecule has 0 atom stereocenters. The third kappa shape index (κ3) is 2.89. The van der Waals surface area contributed by atoms with Gasteiger partial charge in [0.25, 0.3) is 5.56 Å². The van der Waals surface area contributed by atoms with Crippen molar-refractivity contribution in [1.29, 1.82) is 0 Å². The van der Waals surface area contributed by atoms with Gasteiger partial charge in [-0.1, -0.05) is 18.2 Å². The molecule has 23 heavy (non-hydrogen) atoms. The predicted molar refractivity (Wildman–Crippen MR) is 87.0 cm³/mol. The van der Waals surface area contributed by atoms with Gasteiger partial charge in [-0.2, -0.15) is 0 Å². The molecule has 0 bridgehead atoms. The van der Waals surface area contributed by atoms with Crippen LogP contribution in [0.2, 0.25) is 0 Å². The standard InChI is InChI=1S/C18H14N2O3/c1-12-10-15(20-9-8-19-11-17(20)21)6-7-16(12)13-2-4-14(5-3-13)18(22)23/h2-11H,1H3,(H,22,23). The van der Waals surface area contributed by atoms with Crippen LogP contribution < -0.4 is 5.56 Å².